The molecular formula is C14H16ClN3O. The third kappa shape index (κ3) is 3.91. The summed E-state index contributed by atoms with van der Waals surface area (Å²) in [5.74, 6) is 1.03. The van der Waals surface area contributed by atoms with E-state index in [1.54, 1.807) is 12.1 Å². The number of aromatic nitrogens is 2. The van der Waals surface area contributed by atoms with E-state index in [-0.39, 0.29) is 0 Å². The molecule has 2 aromatic rings. The van der Waals surface area contributed by atoms with E-state index in [0.29, 0.717) is 23.2 Å². The SMILES string of the molecule is CCNCc1ccc(Oc2cc(C)ccc2Cl)nn1. The van der Waals surface area contributed by atoms with Crippen molar-refractivity contribution >= 4 is 11.6 Å². The fourth-order valence-corrected chi connectivity index (χ4v) is 1.71. The van der Waals surface area contributed by atoms with Crippen LogP contribution in [0.2, 0.25) is 5.02 Å². The van der Waals surface area contributed by atoms with E-state index in [0.717, 1.165) is 17.8 Å². The molecule has 19 heavy (non-hydrogen) atoms. The third-order valence-electron chi connectivity index (χ3n) is 2.55. The molecule has 5 heteroatoms. The summed E-state index contributed by atoms with van der Waals surface area (Å²) < 4.78 is 5.62. The number of nitrogens with one attached hydrogen (secondary N) is 1. The Morgan fingerprint density at radius 1 is 1.21 bits per heavy atom. The Morgan fingerprint density at radius 3 is 2.74 bits per heavy atom. The highest BCUT2D eigenvalue weighted by Crippen LogP contribution is 2.28. The number of ether oxygens (including phenoxy) is 1. The van der Waals surface area contributed by atoms with Crippen molar-refractivity contribution < 1.29 is 4.74 Å². The molecule has 0 saturated carbocycles. The lowest BCUT2D eigenvalue weighted by molar-refractivity contribution is 0.453. The minimum absolute atomic E-state index is 0.438. The zero-order valence-electron chi connectivity index (χ0n) is 11.0. The summed E-state index contributed by atoms with van der Waals surface area (Å²) in [4.78, 5) is 0. The summed E-state index contributed by atoms with van der Waals surface area (Å²) in [5.41, 5.74) is 1.96. The zero-order valence-corrected chi connectivity index (χ0v) is 11.7. The van der Waals surface area contributed by atoms with Crippen LogP contribution in [0.5, 0.6) is 11.6 Å². The zero-order chi connectivity index (χ0) is 13.7. The summed E-state index contributed by atoms with van der Waals surface area (Å²) in [5, 5.41) is 11.9. The first-order chi connectivity index (χ1) is 9.19. The van der Waals surface area contributed by atoms with Crippen LogP contribution in [-0.2, 0) is 6.54 Å². The van der Waals surface area contributed by atoms with E-state index < -0.39 is 0 Å². The molecule has 2 rings (SSSR count). The van der Waals surface area contributed by atoms with Crippen molar-refractivity contribution in [1.29, 1.82) is 0 Å². The summed E-state index contributed by atoms with van der Waals surface area (Å²) >= 11 is 6.06. The lowest BCUT2D eigenvalue weighted by Gasteiger charge is -2.07. The molecule has 0 aliphatic heterocycles. The second-order valence-electron chi connectivity index (χ2n) is 4.18. The van der Waals surface area contributed by atoms with Gasteiger partial charge in [-0.3, -0.25) is 0 Å². The standard InChI is InChI=1S/C14H16ClN3O/c1-3-16-9-11-5-7-14(18-17-11)19-13-8-10(2)4-6-12(13)15/h4-8,16H,3,9H2,1-2H3. The van der Waals surface area contributed by atoms with Crippen molar-refractivity contribution in [1.82, 2.24) is 15.5 Å². The van der Waals surface area contributed by atoms with Crippen LogP contribution in [-0.4, -0.2) is 16.7 Å². The van der Waals surface area contributed by atoms with Gasteiger partial charge in [-0.2, -0.15) is 5.10 Å². The van der Waals surface area contributed by atoms with Gasteiger partial charge < -0.3 is 10.1 Å². The van der Waals surface area contributed by atoms with Gasteiger partial charge in [-0.25, -0.2) is 0 Å². The van der Waals surface area contributed by atoms with Gasteiger partial charge in [0.25, 0.3) is 0 Å². The Kier molecular flexibility index (Phi) is 4.71. The first kappa shape index (κ1) is 13.8. The largest absolute Gasteiger partial charge is 0.436 e. The normalized spacial score (nSPS) is 10.5. The van der Waals surface area contributed by atoms with Gasteiger partial charge in [0.05, 0.1) is 10.7 Å². The lowest BCUT2D eigenvalue weighted by Crippen LogP contribution is -2.13. The fraction of sp³-hybridized carbons (Fsp3) is 0.286. The van der Waals surface area contributed by atoms with Gasteiger partial charge in [0, 0.05) is 12.6 Å². The Balaban J connectivity index is 2.08. The van der Waals surface area contributed by atoms with Crippen molar-refractivity contribution in [2.24, 2.45) is 0 Å². The maximum Gasteiger partial charge on any atom is 0.238 e. The van der Waals surface area contributed by atoms with Crippen LogP contribution in [0.3, 0.4) is 0 Å². The Hall–Kier alpha value is -1.65. The number of aryl methyl sites for hydroxylation is 1. The molecular weight excluding hydrogens is 262 g/mol. The highest BCUT2D eigenvalue weighted by molar-refractivity contribution is 6.32. The first-order valence-corrected chi connectivity index (χ1v) is 6.54. The van der Waals surface area contributed by atoms with Crippen LogP contribution in [0.1, 0.15) is 18.2 Å². The topological polar surface area (TPSA) is 47.0 Å². The quantitative estimate of drug-likeness (QED) is 0.910. The van der Waals surface area contributed by atoms with Gasteiger partial charge >= 0.3 is 0 Å². The fourth-order valence-electron chi connectivity index (χ4n) is 1.55. The third-order valence-corrected chi connectivity index (χ3v) is 2.86. The van der Waals surface area contributed by atoms with Crippen LogP contribution in [0, 0.1) is 6.92 Å². The maximum absolute atomic E-state index is 6.06. The maximum atomic E-state index is 6.06. The van der Waals surface area contributed by atoms with Gasteiger partial charge in [0.1, 0.15) is 5.75 Å². The predicted octanol–water partition coefficient (Wildman–Crippen LogP) is 3.34. The predicted molar refractivity (Wildman–Crippen MR) is 75.7 cm³/mol. The van der Waals surface area contributed by atoms with Gasteiger partial charge in [-0.05, 0) is 37.2 Å². The highest BCUT2D eigenvalue weighted by Gasteiger charge is 2.05. The second kappa shape index (κ2) is 6.50. The van der Waals surface area contributed by atoms with E-state index >= 15 is 0 Å². The minimum atomic E-state index is 0.438. The number of rotatable bonds is 5. The molecule has 0 bridgehead atoms. The molecule has 0 unspecified atom stereocenters. The molecule has 0 spiro atoms. The molecule has 0 radical (unpaired) electrons. The summed E-state index contributed by atoms with van der Waals surface area (Å²) in [6, 6.07) is 9.28. The van der Waals surface area contributed by atoms with Gasteiger partial charge in [-0.1, -0.05) is 24.6 Å². The molecule has 0 aliphatic carbocycles. The lowest BCUT2D eigenvalue weighted by atomic mass is 10.2. The van der Waals surface area contributed by atoms with E-state index in [1.807, 2.05) is 32.0 Å². The van der Waals surface area contributed by atoms with Crippen LogP contribution < -0.4 is 10.1 Å². The Labute approximate surface area is 117 Å². The van der Waals surface area contributed by atoms with E-state index in [9.17, 15) is 0 Å². The smallest absolute Gasteiger partial charge is 0.238 e. The van der Waals surface area contributed by atoms with Crippen molar-refractivity contribution in [3.05, 3.63) is 46.6 Å². The summed E-state index contributed by atoms with van der Waals surface area (Å²) in [7, 11) is 0. The first-order valence-electron chi connectivity index (χ1n) is 6.16. The average Bonchev–Trinajstić information content (AvgIpc) is 2.42. The van der Waals surface area contributed by atoms with E-state index in [4.69, 9.17) is 16.3 Å². The van der Waals surface area contributed by atoms with Gasteiger partial charge in [-0.15, -0.1) is 5.10 Å². The molecule has 0 atom stereocenters. The van der Waals surface area contributed by atoms with Crippen LogP contribution in [0.4, 0.5) is 0 Å². The summed E-state index contributed by atoms with van der Waals surface area (Å²) in [6.07, 6.45) is 0. The molecule has 0 amide bonds. The van der Waals surface area contributed by atoms with Gasteiger partial charge in [0.15, 0.2) is 0 Å². The number of benzene rings is 1. The Morgan fingerprint density at radius 2 is 2.05 bits per heavy atom. The van der Waals surface area contributed by atoms with Crippen LogP contribution in [0.25, 0.3) is 0 Å². The Bertz CT molecular complexity index is 543. The average molecular weight is 278 g/mol. The van der Waals surface area contributed by atoms with Crippen molar-refractivity contribution in [2.75, 3.05) is 6.54 Å². The van der Waals surface area contributed by atoms with E-state index in [2.05, 4.69) is 15.5 Å². The van der Waals surface area contributed by atoms with Crippen molar-refractivity contribution in [2.45, 2.75) is 20.4 Å². The number of nitrogens with zero attached hydrogens (tertiary/aromatic N) is 2. The minimum Gasteiger partial charge on any atom is -0.436 e. The van der Waals surface area contributed by atoms with Crippen LogP contribution in [0.15, 0.2) is 30.3 Å². The summed E-state index contributed by atoms with van der Waals surface area (Å²) in [6.45, 7) is 5.63. The number of hydrogen-bond acceptors (Lipinski definition) is 4. The molecule has 1 aromatic carbocycles. The molecule has 0 aliphatic rings. The molecule has 0 saturated heterocycles. The van der Waals surface area contributed by atoms with Crippen molar-refractivity contribution in [3.63, 3.8) is 0 Å². The molecule has 1 aromatic heterocycles. The van der Waals surface area contributed by atoms with Crippen LogP contribution >= 0.6 is 11.6 Å². The molecule has 4 nitrogen and oxygen atoms in total. The number of halogens is 1. The van der Waals surface area contributed by atoms with Gasteiger partial charge in [0.2, 0.25) is 5.88 Å². The monoisotopic (exact) mass is 277 g/mol. The van der Waals surface area contributed by atoms with Crippen molar-refractivity contribution in [3.8, 4) is 11.6 Å². The second-order valence-corrected chi connectivity index (χ2v) is 4.59. The molecule has 1 N–H and O–H groups in total. The molecule has 0 fully saturated rings. The van der Waals surface area contributed by atoms with E-state index in [1.165, 1.54) is 0 Å². The molecule has 1 heterocycles. The molecule has 100 valence electrons. The number of hydrogen-bond donors (Lipinski definition) is 1. The highest BCUT2D eigenvalue weighted by atomic mass is 35.5.